The molecule has 0 amide bonds. The van der Waals surface area contributed by atoms with Crippen molar-refractivity contribution in [3.05, 3.63) is 0 Å². The maximum absolute atomic E-state index is 11.6. The van der Waals surface area contributed by atoms with Crippen LogP contribution in [0.25, 0.3) is 0 Å². The Morgan fingerprint density at radius 1 is 1.33 bits per heavy atom. The summed E-state index contributed by atoms with van der Waals surface area (Å²) in [4.78, 5) is 0. The van der Waals surface area contributed by atoms with Gasteiger partial charge in [0.2, 0.25) is 0 Å². The van der Waals surface area contributed by atoms with E-state index in [0.717, 1.165) is 6.42 Å². The van der Waals surface area contributed by atoms with Gasteiger partial charge in [0.1, 0.15) is 0 Å². The standard InChI is InChI=1S/C9H17ClF3NO/c1-7(2)8(3-4-10)14-5-6-15-9(11,12)13/h7-8,14H,3-6H2,1-2H3. The summed E-state index contributed by atoms with van der Waals surface area (Å²) in [5.74, 6) is 0.838. The zero-order chi connectivity index (χ0) is 11.9. The Kier molecular flexibility index (Phi) is 7.30. The fraction of sp³-hybridized carbons (Fsp3) is 1.00. The number of halogens is 4. The van der Waals surface area contributed by atoms with E-state index in [2.05, 4.69) is 10.1 Å². The third-order valence-electron chi connectivity index (χ3n) is 2.00. The second-order valence-corrected chi connectivity index (χ2v) is 3.95. The van der Waals surface area contributed by atoms with Gasteiger partial charge in [-0.2, -0.15) is 0 Å². The van der Waals surface area contributed by atoms with Gasteiger partial charge in [-0.1, -0.05) is 13.8 Å². The smallest absolute Gasteiger partial charge is 0.311 e. The number of ether oxygens (including phenoxy) is 1. The highest BCUT2D eigenvalue weighted by Gasteiger charge is 2.28. The van der Waals surface area contributed by atoms with Crippen molar-refractivity contribution in [1.29, 1.82) is 0 Å². The predicted octanol–water partition coefficient (Wildman–Crippen LogP) is 2.77. The Morgan fingerprint density at radius 3 is 2.33 bits per heavy atom. The van der Waals surface area contributed by atoms with Crippen LogP contribution in [0.2, 0.25) is 0 Å². The molecular formula is C9H17ClF3NO. The van der Waals surface area contributed by atoms with E-state index in [0.29, 0.717) is 11.8 Å². The molecule has 0 heterocycles. The number of nitrogens with one attached hydrogen (secondary N) is 1. The summed E-state index contributed by atoms with van der Waals surface area (Å²) < 4.78 is 38.5. The van der Waals surface area contributed by atoms with Crippen molar-refractivity contribution in [2.24, 2.45) is 5.92 Å². The number of rotatable bonds is 7. The number of alkyl halides is 4. The molecule has 0 aromatic heterocycles. The quantitative estimate of drug-likeness (QED) is 0.552. The molecule has 0 spiro atoms. The average Bonchev–Trinajstić information content (AvgIpc) is 2.08. The number of hydrogen-bond donors (Lipinski definition) is 1. The average molecular weight is 248 g/mol. The predicted molar refractivity (Wildman–Crippen MR) is 54.0 cm³/mol. The van der Waals surface area contributed by atoms with Crippen LogP contribution in [-0.4, -0.2) is 31.4 Å². The van der Waals surface area contributed by atoms with E-state index >= 15 is 0 Å². The largest absolute Gasteiger partial charge is 0.522 e. The van der Waals surface area contributed by atoms with E-state index in [9.17, 15) is 13.2 Å². The summed E-state index contributed by atoms with van der Waals surface area (Å²) >= 11 is 5.57. The van der Waals surface area contributed by atoms with Crippen molar-refractivity contribution in [2.75, 3.05) is 19.0 Å². The molecule has 0 fully saturated rings. The molecule has 0 saturated carbocycles. The van der Waals surface area contributed by atoms with Crippen molar-refractivity contribution in [1.82, 2.24) is 5.32 Å². The molecule has 6 heteroatoms. The molecule has 0 aromatic carbocycles. The van der Waals surface area contributed by atoms with Crippen LogP contribution in [0.4, 0.5) is 13.2 Å². The normalized spacial score (nSPS) is 14.6. The second-order valence-electron chi connectivity index (χ2n) is 3.58. The van der Waals surface area contributed by atoms with Crippen molar-refractivity contribution in [3.8, 4) is 0 Å². The molecule has 0 rings (SSSR count). The fourth-order valence-corrected chi connectivity index (χ4v) is 1.43. The van der Waals surface area contributed by atoms with Crippen molar-refractivity contribution >= 4 is 11.6 Å². The highest BCUT2D eigenvalue weighted by molar-refractivity contribution is 6.17. The summed E-state index contributed by atoms with van der Waals surface area (Å²) in [6, 6.07) is 0.138. The maximum atomic E-state index is 11.6. The summed E-state index contributed by atoms with van der Waals surface area (Å²) in [5, 5.41) is 2.98. The van der Waals surface area contributed by atoms with Gasteiger partial charge in [0.05, 0.1) is 6.61 Å². The minimum atomic E-state index is -4.54. The molecule has 0 aliphatic heterocycles. The lowest BCUT2D eigenvalue weighted by Crippen LogP contribution is -2.37. The zero-order valence-corrected chi connectivity index (χ0v) is 9.66. The van der Waals surface area contributed by atoms with Gasteiger partial charge in [0, 0.05) is 18.5 Å². The Morgan fingerprint density at radius 2 is 1.93 bits per heavy atom. The first-order valence-corrected chi connectivity index (χ1v) is 5.40. The van der Waals surface area contributed by atoms with Gasteiger partial charge in [-0.25, -0.2) is 0 Å². The van der Waals surface area contributed by atoms with E-state index in [4.69, 9.17) is 11.6 Å². The molecule has 0 aromatic rings. The molecular weight excluding hydrogens is 231 g/mol. The van der Waals surface area contributed by atoms with Crippen LogP contribution in [0.15, 0.2) is 0 Å². The second kappa shape index (κ2) is 7.30. The van der Waals surface area contributed by atoms with E-state index in [1.807, 2.05) is 13.8 Å². The van der Waals surface area contributed by atoms with Gasteiger partial charge in [-0.15, -0.1) is 24.8 Å². The van der Waals surface area contributed by atoms with Crippen LogP contribution in [0.3, 0.4) is 0 Å². The Bertz CT molecular complexity index is 164. The van der Waals surface area contributed by atoms with Gasteiger partial charge >= 0.3 is 6.36 Å². The first-order chi connectivity index (χ1) is 6.87. The number of hydrogen-bond acceptors (Lipinski definition) is 2. The Balaban J connectivity index is 3.62. The molecule has 0 bridgehead atoms. The van der Waals surface area contributed by atoms with Crippen molar-refractivity contribution in [2.45, 2.75) is 32.7 Å². The molecule has 0 saturated heterocycles. The lowest BCUT2D eigenvalue weighted by Gasteiger charge is -2.21. The molecule has 2 nitrogen and oxygen atoms in total. The highest BCUT2D eigenvalue weighted by atomic mass is 35.5. The van der Waals surface area contributed by atoms with Crippen LogP contribution in [-0.2, 0) is 4.74 Å². The lowest BCUT2D eigenvalue weighted by molar-refractivity contribution is -0.323. The lowest BCUT2D eigenvalue weighted by atomic mass is 10.0. The summed E-state index contributed by atoms with van der Waals surface area (Å²) in [6.07, 6.45) is -3.80. The first-order valence-electron chi connectivity index (χ1n) is 4.87. The van der Waals surface area contributed by atoms with Crippen LogP contribution in [0.5, 0.6) is 0 Å². The third kappa shape index (κ3) is 8.96. The molecule has 1 unspecified atom stereocenters. The topological polar surface area (TPSA) is 21.3 Å². The highest BCUT2D eigenvalue weighted by Crippen LogP contribution is 2.15. The van der Waals surface area contributed by atoms with Crippen LogP contribution >= 0.6 is 11.6 Å². The van der Waals surface area contributed by atoms with Gasteiger partial charge in [0.15, 0.2) is 0 Å². The molecule has 1 atom stereocenters. The minimum Gasteiger partial charge on any atom is -0.311 e. The molecule has 0 aliphatic carbocycles. The van der Waals surface area contributed by atoms with E-state index in [1.54, 1.807) is 0 Å². The van der Waals surface area contributed by atoms with E-state index in [1.165, 1.54) is 0 Å². The fourth-order valence-electron chi connectivity index (χ4n) is 1.20. The summed E-state index contributed by atoms with van der Waals surface area (Å²) in [6.45, 7) is 3.80. The van der Waals surface area contributed by atoms with Gasteiger partial charge in [0.25, 0.3) is 0 Å². The summed E-state index contributed by atoms with van der Waals surface area (Å²) in [7, 11) is 0. The van der Waals surface area contributed by atoms with Crippen LogP contribution in [0, 0.1) is 5.92 Å². The molecule has 92 valence electrons. The maximum Gasteiger partial charge on any atom is 0.522 e. The monoisotopic (exact) mass is 247 g/mol. The van der Waals surface area contributed by atoms with Crippen LogP contribution in [0.1, 0.15) is 20.3 Å². The van der Waals surface area contributed by atoms with E-state index < -0.39 is 6.36 Å². The summed E-state index contributed by atoms with van der Waals surface area (Å²) in [5.41, 5.74) is 0. The minimum absolute atomic E-state index is 0.138. The van der Waals surface area contributed by atoms with Gasteiger partial charge in [-0.05, 0) is 12.3 Å². The molecule has 15 heavy (non-hydrogen) atoms. The third-order valence-corrected chi connectivity index (χ3v) is 2.22. The van der Waals surface area contributed by atoms with E-state index in [-0.39, 0.29) is 19.2 Å². The van der Waals surface area contributed by atoms with Crippen LogP contribution < -0.4 is 5.32 Å². The van der Waals surface area contributed by atoms with Crippen molar-refractivity contribution < 1.29 is 17.9 Å². The van der Waals surface area contributed by atoms with Crippen molar-refractivity contribution in [3.63, 3.8) is 0 Å². The molecule has 0 radical (unpaired) electrons. The molecule has 1 N–H and O–H groups in total. The SMILES string of the molecule is CC(C)C(CCCl)NCCOC(F)(F)F. The van der Waals surface area contributed by atoms with Gasteiger partial charge < -0.3 is 5.32 Å². The molecule has 0 aliphatic rings. The van der Waals surface area contributed by atoms with Gasteiger partial charge in [-0.3, -0.25) is 4.74 Å². The first kappa shape index (κ1) is 15.0. The Labute approximate surface area is 93.1 Å². The Hall–Kier alpha value is -0.0000000000000000555. The zero-order valence-electron chi connectivity index (χ0n) is 8.90.